The quantitative estimate of drug-likeness (QED) is 0.142. The Labute approximate surface area is 868 Å². The van der Waals surface area contributed by atoms with Gasteiger partial charge in [0.25, 0.3) is 0 Å². The molecule has 141 heavy (non-hydrogen) atoms. The highest BCUT2D eigenvalue weighted by Gasteiger charge is 2.08. The Kier molecular flexibility index (Phi) is 68.2. The van der Waals surface area contributed by atoms with Crippen molar-refractivity contribution in [1.29, 1.82) is 0 Å². The van der Waals surface area contributed by atoms with Crippen molar-refractivity contribution in [2.45, 2.75) is 367 Å². The van der Waals surface area contributed by atoms with Gasteiger partial charge in [0.05, 0.1) is 0 Å². The molecule has 0 aliphatic rings. The maximum atomic E-state index is 2.27. The summed E-state index contributed by atoms with van der Waals surface area (Å²) in [5, 5.41) is 19.1. The summed E-state index contributed by atoms with van der Waals surface area (Å²) in [4.78, 5) is 0. The fourth-order valence-corrected chi connectivity index (χ4v) is 15.8. The Morgan fingerprint density at radius 3 is 0.482 bits per heavy atom. The Bertz CT molecular complexity index is 6000. The Morgan fingerprint density at radius 1 is 0.0780 bits per heavy atom. The highest BCUT2D eigenvalue weighted by atomic mass is 14.1. The molecule has 0 amide bonds. The molecule has 0 heteroatoms. The molecule has 0 atom stereocenters. The molecule has 17 aromatic rings. The van der Waals surface area contributed by atoms with Gasteiger partial charge in [-0.05, 0) is 415 Å². The molecule has 0 aliphatic heterocycles. The number of rotatable bonds is 0. The number of hydrogen-bond acceptors (Lipinski definition) is 0. The summed E-state index contributed by atoms with van der Waals surface area (Å²) < 4.78 is 0. The van der Waals surface area contributed by atoms with E-state index in [1.807, 2.05) is 138 Å². The molecular formula is C141H200. The van der Waals surface area contributed by atoms with E-state index >= 15 is 0 Å². The van der Waals surface area contributed by atoms with E-state index in [0.717, 1.165) is 0 Å². The molecule has 0 bridgehead atoms. The molecule has 0 saturated heterocycles. The van der Waals surface area contributed by atoms with E-state index in [0.29, 0.717) is 0 Å². The van der Waals surface area contributed by atoms with Gasteiger partial charge in [-0.2, -0.15) is 0 Å². The van der Waals surface area contributed by atoms with Gasteiger partial charge in [-0.25, -0.2) is 0 Å². The summed E-state index contributed by atoms with van der Waals surface area (Å²) in [6.07, 6.45) is 0. The van der Waals surface area contributed by atoms with Gasteiger partial charge in [0.1, 0.15) is 0 Å². The molecule has 17 aromatic carbocycles. The highest BCUT2D eigenvalue weighted by molar-refractivity contribution is 5.92. The zero-order valence-corrected chi connectivity index (χ0v) is 100. The fraction of sp³-hybridized carbons (Fsp3) is 0.376. The first-order chi connectivity index (χ1) is 67.0. The smallest absolute Gasteiger partial charge is 0.0149 e. The largest absolute Gasteiger partial charge is 0.0683 e. The molecule has 0 saturated carbocycles. The van der Waals surface area contributed by atoms with Gasteiger partial charge in [-0.15, -0.1) is 0 Å². The first-order valence-corrected chi connectivity index (χ1v) is 53.5. The van der Waals surface area contributed by atoms with E-state index in [9.17, 15) is 0 Å². The predicted octanol–water partition coefficient (Wildman–Crippen LogP) is 45.4. The van der Waals surface area contributed by atoms with Crippen LogP contribution < -0.4 is 0 Å². The molecule has 0 aliphatic carbocycles. The van der Waals surface area contributed by atoms with Crippen LogP contribution >= 0.6 is 0 Å². The van der Waals surface area contributed by atoms with E-state index < -0.39 is 0 Å². The number of hydrogen-bond donors (Lipinski definition) is 0. The number of benzene rings is 17. The SMILES string of the molecule is CC.CC.CC.CC.CC.CC.CC.CC.CC.CC.Cc1cc(C)c2cc(C)cc(C)c2c1.Cc1cc(C)c2cc(C)ccc2c1.Cc1cc(C)cc(C)c1.Cc1cc2cc(C)c(C)cc2cc1C.Cc1cc2cc(C)c(C)cc2cc1C.Cc1ccc(C)c(C)c1.Cc1ccc(C)c(C)c1.Cc1ccc2c(C)cc(C)cc2c1.Cc1ccc2cc(C)c(C)cc2c1.Cc1ccc2cc(C)c(C)cc2c1. The van der Waals surface area contributed by atoms with Crippen molar-refractivity contribution in [2.75, 3.05) is 0 Å². The fourth-order valence-electron chi connectivity index (χ4n) is 15.8. The van der Waals surface area contributed by atoms with Crippen molar-refractivity contribution in [3.63, 3.8) is 0 Å². The van der Waals surface area contributed by atoms with Crippen LogP contribution in [-0.4, -0.2) is 0 Å². The molecule has 764 valence electrons. The molecule has 0 spiro atoms. The van der Waals surface area contributed by atoms with Crippen molar-refractivity contribution in [2.24, 2.45) is 0 Å². The van der Waals surface area contributed by atoms with Gasteiger partial charge in [0.15, 0.2) is 0 Å². The minimum absolute atomic E-state index is 1.33. The third-order valence-electron chi connectivity index (χ3n) is 23.7. The van der Waals surface area contributed by atoms with Gasteiger partial charge in [-0.1, -0.05) is 460 Å². The zero-order valence-electron chi connectivity index (χ0n) is 100. The van der Waals surface area contributed by atoms with Gasteiger partial charge >= 0.3 is 0 Å². The van der Waals surface area contributed by atoms with Gasteiger partial charge < -0.3 is 0 Å². The van der Waals surface area contributed by atoms with Crippen molar-refractivity contribution < 1.29 is 0 Å². The van der Waals surface area contributed by atoms with Crippen molar-refractivity contribution in [3.8, 4) is 0 Å². The van der Waals surface area contributed by atoms with Crippen LogP contribution in [0.2, 0.25) is 0 Å². The first-order valence-electron chi connectivity index (χ1n) is 53.5. The van der Waals surface area contributed by atoms with Gasteiger partial charge in [0, 0.05) is 0 Å². The Balaban J connectivity index is -0.00000147. The lowest BCUT2D eigenvalue weighted by Gasteiger charge is -2.08. The highest BCUT2D eigenvalue weighted by Crippen LogP contribution is 2.30. The van der Waals surface area contributed by atoms with E-state index in [1.54, 1.807) is 0 Å². The average molecular weight is 1900 g/mol. The van der Waals surface area contributed by atoms with Crippen LogP contribution in [0.5, 0.6) is 0 Å². The molecule has 0 nitrogen and oxygen atoms in total. The lowest BCUT2D eigenvalue weighted by Crippen LogP contribution is -1.86. The molecular weight excluding hydrogens is 1690 g/mol. The monoisotopic (exact) mass is 1890 g/mol. The van der Waals surface area contributed by atoms with Gasteiger partial charge in [0.2, 0.25) is 0 Å². The Hall–Kier alpha value is -11.4. The summed E-state index contributed by atoms with van der Waals surface area (Å²) in [6.45, 7) is 111. The average Bonchev–Trinajstić information content (AvgIpc) is 0.829. The summed E-state index contributed by atoms with van der Waals surface area (Å²) in [6, 6.07) is 91.2. The van der Waals surface area contributed by atoms with Crippen LogP contribution in [0.3, 0.4) is 0 Å². The van der Waals surface area contributed by atoms with E-state index in [4.69, 9.17) is 0 Å². The predicted molar refractivity (Wildman–Crippen MR) is 657 cm³/mol. The first kappa shape index (κ1) is 134. The molecule has 0 unspecified atom stereocenters. The van der Waals surface area contributed by atoms with Crippen LogP contribution in [0.1, 0.15) is 322 Å². The second-order valence-corrected chi connectivity index (χ2v) is 35.7. The topological polar surface area (TPSA) is 0 Å². The summed E-state index contributed by atoms with van der Waals surface area (Å²) in [5.74, 6) is 0. The second-order valence-electron chi connectivity index (χ2n) is 35.7. The van der Waals surface area contributed by atoms with Crippen LogP contribution in [0.25, 0.3) is 75.4 Å². The lowest BCUT2D eigenvalue weighted by atomic mass is 9.97. The molecule has 0 aromatic heterocycles. The van der Waals surface area contributed by atoms with Crippen LogP contribution in [-0.2, 0) is 0 Å². The van der Waals surface area contributed by atoms with Crippen molar-refractivity contribution in [1.82, 2.24) is 0 Å². The third-order valence-corrected chi connectivity index (χ3v) is 23.7. The van der Waals surface area contributed by atoms with Crippen LogP contribution in [0, 0.1) is 228 Å². The maximum Gasteiger partial charge on any atom is -0.0149 e. The normalized spacial score (nSPS) is 9.45. The van der Waals surface area contributed by atoms with Crippen LogP contribution in [0.15, 0.2) is 249 Å². The number of aryl methyl sites for hydroxylation is 33. The molecule has 0 fully saturated rings. The minimum Gasteiger partial charge on any atom is -0.0683 e. The summed E-state index contributed by atoms with van der Waals surface area (Å²) in [5.41, 5.74) is 45.0. The number of fused-ring (bicyclic) bond motifs is 7. The lowest BCUT2D eigenvalue weighted by molar-refractivity contribution is 1.30. The van der Waals surface area contributed by atoms with Crippen molar-refractivity contribution in [3.05, 3.63) is 432 Å². The summed E-state index contributed by atoms with van der Waals surface area (Å²) in [7, 11) is 0. The molecule has 17 rings (SSSR count). The van der Waals surface area contributed by atoms with E-state index in [1.165, 1.54) is 259 Å². The van der Waals surface area contributed by atoms with E-state index in [2.05, 4.69) is 477 Å². The minimum atomic E-state index is 1.33. The Morgan fingerprint density at radius 2 is 0.227 bits per heavy atom. The molecule has 0 radical (unpaired) electrons. The maximum absolute atomic E-state index is 2.27. The standard InChI is InChI=1S/3C14H16.4C13H14.3C9H12.10C2H6/c2*1-9-5-13-7-11(3)12(4)8-14(13)6-10(9)2;1-9-5-11(3)14-8-10(2)6-12(4)13(14)7-9;1-9-4-5-12-7-10(2)6-11(3)13(12)8-9;1-9-4-5-13-11(3)6-10(2)8-12(13)7-9;2*1-9-4-5-12-7-10(2)11(3)8-13(12)6-9;1-7-4-8(2)6-9(3)5-7;2*1-7-4-5-8(2)9(3)6-7;10*1-2/h3*5-8H,1-4H3;4*4-8H,1-3H3;3*4-6H,1-3H3;10*1-2H3. The second kappa shape index (κ2) is 71.9. The van der Waals surface area contributed by atoms with Gasteiger partial charge in [-0.3, -0.25) is 0 Å². The van der Waals surface area contributed by atoms with E-state index in [-0.39, 0.29) is 0 Å². The summed E-state index contributed by atoms with van der Waals surface area (Å²) >= 11 is 0. The zero-order chi connectivity index (χ0) is 109. The molecule has 0 N–H and O–H groups in total. The van der Waals surface area contributed by atoms with Crippen LogP contribution in [0.4, 0.5) is 0 Å². The van der Waals surface area contributed by atoms with Crippen molar-refractivity contribution >= 4 is 75.4 Å². The third kappa shape index (κ3) is 46.4. The molecule has 0 heterocycles.